The lowest BCUT2D eigenvalue weighted by Crippen LogP contribution is -2.34. The van der Waals surface area contributed by atoms with E-state index in [1.807, 2.05) is 31.2 Å². The summed E-state index contributed by atoms with van der Waals surface area (Å²) in [5.74, 6) is 0.746. The van der Waals surface area contributed by atoms with Crippen molar-refractivity contribution in [3.05, 3.63) is 59.2 Å². The monoisotopic (exact) mass is 437 g/mol. The molecule has 1 amide bonds. The van der Waals surface area contributed by atoms with E-state index in [0.717, 1.165) is 42.7 Å². The van der Waals surface area contributed by atoms with E-state index in [-0.39, 0.29) is 16.7 Å². The average Bonchev–Trinajstić information content (AvgIpc) is 2.76. The van der Waals surface area contributed by atoms with Crippen molar-refractivity contribution in [1.29, 1.82) is 0 Å². The van der Waals surface area contributed by atoms with Crippen LogP contribution in [0.5, 0.6) is 5.75 Å². The summed E-state index contributed by atoms with van der Waals surface area (Å²) in [6, 6.07) is 14.5. The van der Waals surface area contributed by atoms with Gasteiger partial charge < -0.3 is 10.1 Å². The first-order valence-electron chi connectivity index (χ1n) is 12.2. The van der Waals surface area contributed by atoms with Crippen LogP contribution in [-0.4, -0.2) is 12.0 Å². The molecule has 1 atom stereocenters. The Bertz CT molecular complexity index is 898. The van der Waals surface area contributed by atoms with E-state index in [1.54, 1.807) is 0 Å². The molecule has 0 aliphatic rings. The van der Waals surface area contributed by atoms with Crippen LogP contribution in [0.15, 0.2) is 42.5 Å². The summed E-state index contributed by atoms with van der Waals surface area (Å²) in [5.41, 5.74) is 4.49. The predicted octanol–water partition coefficient (Wildman–Crippen LogP) is 7.95. The second-order valence-electron chi connectivity index (χ2n) is 10.3. The normalized spacial score (nSPS) is 13.0. The zero-order chi connectivity index (χ0) is 23.9. The molecule has 0 fully saturated rings. The van der Waals surface area contributed by atoms with Crippen molar-refractivity contribution in [3.8, 4) is 5.75 Å². The number of hydrogen-bond donors (Lipinski definition) is 1. The largest absolute Gasteiger partial charge is 0.480 e. The Labute approximate surface area is 196 Å². The van der Waals surface area contributed by atoms with Gasteiger partial charge in [-0.1, -0.05) is 79.2 Å². The van der Waals surface area contributed by atoms with Gasteiger partial charge in [0.2, 0.25) is 0 Å². The fraction of sp³-hybridized carbons (Fsp3) is 0.552. The highest BCUT2D eigenvalue weighted by Gasteiger charge is 2.29. The SMILES string of the molecule is CCCCC(Oc1ccc(C(C)(C)CC)cc1C(C)(C)CC)C(=O)Nc1cccc(C)c1. The Morgan fingerprint density at radius 3 is 2.25 bits per heavy atom. The Morgan fingerprint density at radius 2 is 1.66 bits per heavy atom. The van der Waals surface area contributed by atoms with Gasteiger partial charge in [-0.3, -0.25) is 4.79 Å². The van der Waals surface area contributed by atoms with E-state index in [9.17, 15) is 4.79 Å². The number of hydrogen-bond acceptors (Lipinski definition) is 2. The van der Waals surface area contributed by atoms with E-state index >= 15 is 0 Å². The lowest BCUT2D eigenvalue weighted by molar-refractivity contribution is -0.123. The highest BCUT2D eigenvalue weighted by Crippen LogP contribution is 2.39. The highest BCUT2D eigenvalue weighted by molar-refractivity contribution is 5.94. The Hall–Kier alpha value is -2.29. The van der Waals surface area contributed by atoms with Crippen LogP contribution in [-0.2, 0) is 15.6 Å². The molecule has 2 aromatic carbocycles. The molecule has 176 valence electrons. The van der Waals surface area contributed by atoms with Gasteiger partial charge in [0.15, 0.2) is 6.10 Å². The van der Waals surface area contributed by atoms with Crippen LogP contribution >= 0.6 is 0 Å². The Balaban J connectivity index is 2.39. The van der Waals surface area contributed by atoms with E-state index in [2.05, 4.69) is 72.0 Å². The number of anilines is 1. The number of benzene rings is 2. The van der Waals surface area contributed by atoms with Gasteiger partial charge in [0.1, 0.15) is 5.75 Å². The van der Waals surface area contributed by atoms with E-state index in [1.165, 1.54) is 11.1 Å². The van der Waals surface area contributed by atoms with Crippen molar-refractivity contribution >= 4 is 11.6 Å². The third-order valence-corrected chi connectivity index (χ3v) is 6.93. The molecular formula is C29H43NO2. The fourth-order valence-corrected chi connectivity index (χ4v) is 3.71. The quantitative estimate of drug-likeness (QED) is 0.387. The summed E-state index contributed by atoms with van der Waals surface area (Å²) in [7, 11) is 0. The maximum absolute atomic E-state index is 13.2. The molecular weight excluding hydrogens is 394 g/mol. The summed E-state index contributed by atoms with van der Waals surface area (Å²) in [5, 5.41) is 3.07. The second kappa shape index (κ2) is 11.0. The molecule has 0 aliphatic heterocycles. The van der Waals surface area contributed by atoms with Gasteiger partial charge in [-0.2, -0.15) is 0 Å². The number of unbranched alkanes of at least 4 members (excludes halogenated alkanes) is 1. The molecule has 1 unspecified atom stereocenters. The van der Waals surface area contributed by atoms with Gasteiger partial charge in [-0.05, 0) is 72.8 Å². The Morgan fingerprint density at radius 1 is 0.969 bits per heavy atom. The molecule has 0 radical (unpaired) electrons. The Kier molecular flexibility index (Phi) is 8.95. The van der Waals surface area contributed by atoms with Gasteiger partial charge in [-0.25, -0.2) is 0 Å². The van der Waals surface area contributed by atoms with Crippen LogP contribution in [0.2, 0.25) is 0 Å². The number of carbonyl (C=O) groups is 1. The number of amides is 1. The van der Waals surface area contributed by atoms with Crippen molar-refractivity contribution in [2.45, 2.75) is 104 Å². The molecule has 0 aliphatic carbocycles. The van der Waals surface area contributed by atoms with Crippen molar-refractivity contribution in [2.24, 2.45) is 0 Å². The summed E-state index contributed by atoms with van der Waals surface area (Å²) >= 11 is 0. The van der Waals surface area contributed by atoms with Crippen LogP contribution in [0.1, 0.15) is 97.3 Å². The third kappa shape index (κ3) is 6.60. The number of ether oxygens (including phenoxy) is 1. The topological polar surface area (TPSA) is 38.3 Å². The molecule has 32 heavy (non-hydrogen) atoms. The summed E-state index contributed by atoms with van der Waals surface area (Å²) in [6.45, 7) is 17.7. The van der Waals surface area contributed by atoms with E-state index in [0.29, 0.717) is 6.42 Å². The maximum atomic E-state index is 13.2. The molecule has 3 nitrogen and oxygen atoms in total. The van der Waals surface area contributed by atoms with Crippen LogP contribution in [0, 0.1) is 6.92 Å². The van der Waals surface area contributed by atoms with Gasteiger partial charge in [0.25, 0.3) is 5.91 Å². The van der Waals surface area contributed by atoms with Crippen LogP contribution in [0.25, 0.3) is 0 Å². The van der Waals surface area contributed by atoms with E-state index < -0.39 is 6.10 Å². The number of carbonyl (C=O) groups excluding carboxylic acids is 1. The molecule has 1 N–H and O–H groups in total. The molecule has 3 heteroatoms. The fourth-order valence-electron chi connectivity index (χ4n) is 3.71. The minimum Gasteiger partial charge on any atom is -0.480 e. The standard InChI is InChI=1S/C29H43NO2/c1-9-12-16-26(27(31)30-23-15-13-14-21(4)19-23)32-25-18-17-22(28(5,6)10-2)20-24(25)29(7,8)11-3/h13-15,17-20,26H,9-12,16H2,1-8H3,(H,30,31). The minimum atomic E-state index is -0.521. The molecule has 0 heterocycles. The van der Waals surface area contributed by atoms with E-state index in [4.69, 9.17) is 4.74 Å². The lowest BCUT2D eigenvalue weighted by Gasteiger charge is -2.31. The van der Waals surface area contributed by atoms with Gasteiger partial charge in [0, 0.05) is 11.3 Å². The summed E-state index contributed by atoms with van der Waals surface area (Å²) in [6.07, 6.45) is 4.20. The lowest BCUT2D eigenvalue weighted by atomic mass is 9.76. The van der Waals surface area contributed by atoms with Crippen molar-refractivity contribution in [3.63, 3.8) is 0 Å². The first-order valence-corrected chi connectivity index (χ1v) is 12.2. The first kappa shape index (κ1) is 26.0. The van der Waals surface area contributed by atoms with Gasteiger partial charge in [-0.15, -0.1) is 0 Å². The number of rotatable bonds is 11. The number of nitrogens with one attached hydrogen (secondary N) is 1. The van der Waals surface area contributed by atoms with Gasteiger partial charge in [0.05, 0.1) is 0 Å². The summed E-state index contributed by atoms with van der Waals surface area (Å²) < 4.78 is 6.49. The van der Waals surface area contributed by atoms with Crippen LogP contribution < -0.4 is 10.1 Å². The minimum absolute atomic E-state index is 0.0442. The van der Waals surface area contributed by atoms with Crippen molar-refractivity contribution < 1.29 is 9.53 Å². The first-order chi connectivity index (χ1) is 15.0. The second-order valence-corrected chi connectivity index (χ2v) is 10.3. The molecule has 0 aromatic heterocycles. The average molecular weight is 438 g/mol. The molecule has 2 rings (SSSR count). The zero-order valence-corrected chi connectivity index (χ0v) is 21.5. The smallest absolute Gasteiger partial charge is 0.265 e. The van der Waals surface area contributed by atoms with Gasteiger partial charge >= 0.3 is 0 Å². The molecule has 0 saturated carbocycles. The summed E-state index contributed by atoms with van der Waals surface area (Å²) in [4.78, 5) is 13.2. The molecule has 0 saturated heterocycles. The van der Waals surface area contributed by atoms with Crippen LogP contribution in [0.4, 0.5) is 5.69 Å². The molecule has 2 aromatic rings. The zero-order valence-electron chi connectivity index (χ0n) is 21.5. The number of aryl methyl sites for hydroxylation is 1. The maximum Gasteiger partial charge on any atom is 0.265 e. The van der Waals surface area contributed by atoms with Crippen molar-refractivity contribution in [1.82, 2.24) is 0 Å². The highest BCUT2D eigenvalue weighted by atomic mass is 16.5. The molecule has 0 spiro atoms. The predicted molar refractivity (Wildman–Crippen MR) is 137 cm³/mol. The van der Waals surface area contributed by atoms with Crippen LogP contribution in [0.3, 0.4) is 0 Å². The van der Waals surface area contributed by atoms with Crippen molar-refractivity contribution in [2.75, 3.05) is 5.32 Å². The third-order valence-electron chi connectivity index (χ3n) is 6.93. The molecule has 0 bridgehead atoms.